The molecule has 1 aliphatic carbocycles. The highest BCUT2D eigenvalue weighted by atomic mass is 16.5. The average molecular weight is 214 g/mol. The molecule has 2 atom stereocenters. The van der Waals surface area contributed by atoms with E-state index >= 15 is 0 Å². The molecule has 2 heteroatoms. The molecule has 0 heterocycles. The zero-order valence-corrected chi connectivity index (χ0v) is 11.0. The summed E-state index contributed by atoms with van der Waals surface area (Å²) in [6, 6.07) is 0. The summed E-state index contributed by atoms with van der Waals surface area (Å²) in [5, 5.41) is 0. The molecule has 0 spiro atoms. The first kappa shape index (κ1) is 13.0. The Morgan fingerprint density at radius 1 is 0.867 bits per heavy atom. The molecule has 0 aromatic heterocycles. The number of ether oxygens (including phenoxy) is 2. The van der Waals surface area contributed by atoms with Gasteiger partial charge in [-0.05, 0) is 30.1 Å². The van der Waals surface area contributed by atoms with Gasteiger partial charge < -0.3 is 9.47 Å². The second kappa shape index (κ2) is 4.84. The molecule has 0 amide bonds. The molecule has 15 heavy (non-hydrogen) atoms. The molecule has 0 saturated heterocycles. The van der Waals surface area contributed by atoms with Crippen molar-refractivity contribution in [2.24, 2.45) is 17.3 Å². The fourth-order valence-electron chi connectivity index (χ4n) is 3.18. The van der Waals surface area contributed by atoms with E-state index in [2.05, 4.69) is 27.7 Å². The van der Waals surface area contributed by atoms with Gasteiger partial charge in [-0.2, -0.15) is 0 Å². The number of hydrogen-bond acceptors (Lipinski definition) is 2. The van der Waals surface area contributed by atoms with Crippen LogP contribution in [0.5, 0.6) is 0 Å². The van der Waals surface area contributed by atoms with Gasteiger partial charge in [-0.25, -0.2) is 0 Å². The Bertz CT molecular complexity index is 177. The van der Waals surface area contributed by atoms with Crippen molar-refractivity contribution in [3.05, 3.63) is 0 Å². The van der Waals surface area contributed by atoms with Gasteiger partial charge in [0, 0.05) is 14.2 Å². The van der Waals surface area contributed by atoms with E-state index in [9.17, 15) is 0 Å². The Morgan fingerprint density at radius 2 is 1.20 bits per heavy atom. The fraction of sp³-hybridized carbons (Fsp3) is 1.00. The molecule has 0 aromatic carbocycles. The Morgan fingerprint density at radius 3 is 1.40 bits per heavy atom. The molecule has 2 nitrogen and oxygen atoms in total. The topological polar surface area (TPSA) is 18.5 Å². The normalized spacial score (nSPS) is 30.4. The van der Waals surface area contributed by atoms with E-state index < -0.39 is 0 Å². The summed E-state index contributed by atoms with van der Waals surface area (Å²) in [5.41, 5.74) is 0.390. The number of rotatable bonds is 4. The number of hydrogen-bond donors (Lipinski definition) is 0. The first-order valence-electron chi connectivity index (χ1n) is 6.03. The molecule has 2 unspecified atom stereocenters. The molecule has 1 aliphatic rings. The van der Waals surface area contributed by atoms with Crippen molar-refractivity contribution in [3.63, 3.8) is 0 Å². The summed E-state index contributed by atoms with van der Waals surface area (Å²) < 4.78 is 11.1. The second-order valence-corrected chi connectivity index (χ2v) is 5.50. The lowest BCUT2D eigenvalue weighted by Crippen LogP contribution is -2.31. The van der Waals surface area contributed by atoms with Crippen LogP contribution in [0.2, 0.25) is 0 Å². The molecule has 0 aliphatic heterocycles. The summed E-state index contributed by atoms with van der Waals surface area (Å²) in [6.07, 6.45) is 2.83. The predicted octanol–water partition coefficient (Wildman–Crippen LogP) is 3.11. The van der Waals surface area contributed by atoms with E-state index in [-0.39, 0.29) is 12.2 Å². The Kier molecular flexibility index (Phi) is 4.19. The largest absolute Gasteiger partial charge is 0.379 e. The van der Waals surface area contributed by atoms with E-state index in [1.807, 2.05) is 0 Å². The maximum atomic E-state index is 5.55. The first-order valence-corrected chi connectivity index (χ1v) is 6.03. The number of methoxy groups -OCH3 is 2. The van der Waals surface area contributed by atoms with Crippen molar-refractivity contribution in [1.29, 1.82) is 0 Å². The van der Waals surface area contributed by atoms with Crippen molar-refractivity contribution in [2.75, 3.05) is 14.2 Å². The van der Waals surface area contributed by atoms with Crippen LogP contribution >= 0.6 is 0 Å². The van der Waals surface area contributed by atoms with Crippen molar-refractivity contribution in [1.82, 2.24) is 0 Å². The van der Waals surface area contributed by atoms with Crippen LogP contribution in [-0.4, -0.2) is 26.4 Å². The third kappa shape index (κ3) is 2.21. The lowest BCUT2D eigenvalue weighted by molar-refractivity contribution is -0.0157. The van der Waals surface area contributed by atoms with Crippen LogP contribution in [0.25, 0.3) is 0 Å². The molecule has 0 bridgehead atoms. The fourth-order valence-corrected chi connectivity index (χ4v) is 3.18. The van der Waals surface area contributed by atoms with Crippen LogP contribution < -0.4 is 0 Å². The molecular weight excluding hydrogens is 188 g/mol. The van der Waals surface area contributed by atoms with Crippen LogP contribution in [0.15, 0.2) is 0 Å². The van der Waals surface area contributed by atoms with Crippen molar-refractivity contribution < 1.29 is 9.47 Å². The van der Waals surface area contributed by atoms with Gasteiger partial charge in [-0.15, -0.1) is 0 Å². The first-order chi connectivity index (χ1) is 6.97. The van der Waals surface area contributed by atoms with E-state index in [4.69, 9.17) is 9.47 Å². The molecule has 1 fully saturated rings. The quantitative estimate of drug-likeness (QED) is 0.716. The highest BCUT2D eigenvalue weighted by Gasteiger charge is 2.49. The van der Waals surface area contributed by atoms with Crippen LogP contribution in [0.1, 0.15) is 40.5 Å². The Balaban J connectivity index is 2.86. The Hall–Kier alpha value is -0.0800. The third-order valence-electron chi connectivity index (χ3n) is 4.48. The highest BCUT2D eigenvalue weighted by Crippen LogP contribution is 2.51. The molecular formula is C13H26O2. The smallest absolute Gasteiger partial charge is 0.0838 e. The highest BCUT2D eigenvalue weighted by molar-refractivity contribution is 4.99. The van der Waals surface area contributed by atoms with Gasteiger partial charge in [-0.3, -0.25) is 0 Å². The standard InChI is InChI=1S/C13H26O2/c1-9(2)13(10(3)4)7-11(14-5)12(8-13)15-6/h9-12H,7-8H2,1-6H3. The molecule has 1 saturated carbocycles. The van der Waals surface area contributed by atoms with E-state index in [0.717, 1.165) is 12.8 Å². The summed E-state index contributed by atoms with van der Waals surface area (Å²) in [4.78, 5) is 0. The van der Waals surface area contributed by atoms with Gasteiger partial charge in [0.1, 0.15) is 0 Å². The van der Waals surface area contributed by atoms with E-state index in [0.29, 0.717) is 17.3 Å². The van der Waals surface area contributed by atoms with Gasteiger partial charge in [0.2, 0.25) is 0 Å². The molecule has 90 valence electrons. The van der Waals surface area contributed by atoms with Gasteiger partial charge in [0.05, 0.1) is 12.2 Å². The predicted molar refractivity (Wildman–Crippen MR) is 62.9 cm³/mol. The maximum Gasteiger partial charge on any atom is 0.0838 e. The molecule has 0 N–H and O–H groups in total. The van der Waals surface area contributed by atoms with Gasteiger partial charge in [-0.1, -0.05) is 27.7 Å². The summed E-state index contributed by atoms with van der Waals surface area (Å²) in [7, 11) is 3.60. The van der Waals surface area contributed by atoms with E-state index in [1.165, 1.54) is 0 Å². The molecule has 1 rings (SSSR count). The van der Waals surface area contributed by atoms with E-state index in [1.54, 1.807) is 14.2 Å². The van der Waals surface area contributed by atoms with Gasteiger partial charge in [0.15, 0.2) is 0 Å². The van der Waals surface area contributed by atoms with Gasteiger partial charge in [0.25, 0.3) is 0 Å². The maximum absolute atomic E-state index is 5.55. The lowest BCUT2D eigenvalue weighted by Gasteiger charge is -2.38. The minimum absolute atomic E-state index is 0.278. The monoisotopic (exact) mass is 214 g/mol. The summed E-state index contributed by atoms with van der Waals surface area (Å²) in [5.74, 6) is 1.38. The SMILES string of the molecule is COC1CC(C(C)C)(C(C)C)CC1OC. The van der Waals surface area contributed by atoms with Crippen molar-refractivity contribution >= 4 is 0 Å². The van der Waals surface area contributed by atoms with Gasteiger partial charge >= 0.3 is 0 Å². The van der Waals surface area contributed by atoms with Crippen molar-refractivity contribution in [2.45, 2.75) is 52.7 Å². The van der Waals surface area contributed by atoms with Crippen LogP contribution in [0, 0.1) is 17.3 Å². The van der Waals surface area contributed by atoms with Crippen LogP contribution in [-0.2, 0) is 9.47 Å². The molecule has 0 aromatic rings. The zero-order chi connectivity index (χ0) is 11.6. The minimum atomic E-state index is 0.278. The summed E-state index contributed by atoms with van der Waals surface area (Å²) in [6.45, 7) is 9.30. The van der Waals surface area contributed by atoms with Crippen molar-refractivity contribution in [3.8, 4) is 0 Å². The second-order valence-electron chi connectivity index (χ2n) is 5.50. The molecule has 0 radical (unpaired) electrons. The lowest BCUT2D eigenvalue weighted by atomic mass is 9.67. The average Bonchev–Trinajstić information content (AvgIpc) is 2.57. The van der Waals surface area contributed by atoms with Crippen LogP contribution in [0.3, 0.4) is 0 Å². The van der Waals surface area contributed by atoms with Crippen LogP contribution in [0.4, 0.5) is 0 Å². The Labute approximate surface area is 94.3 Å². The third-order valence-corrected chi connectivity index (χ3v) is 4.48. The zero-order valence-electron chi connectivity index (χ0n) is 11.0. The minimum Gasteiger partial charge on any atom is -0.379 e. The summed E-state index contributed by atoms with van der Waals surface area (Å²) >= 11 is 0.